The summed E-state index contributed by atoms with van der Waals surface area (Å²) in [5.74, 6) is 0.340. The van der Waals surface area contributed by atoms with E-state index in [4.69, 9.17) is 4.98 Å². The number of aryl methyl sites for hydroxylation is 2. The number of nitrogens with one attached hydrogen (secondary N) is 1. The first kappa shape index (κ1) is 21.8. The number of carbonyl (C=O) groups excluding carboxylic acids is 2. The summed E-state index contributed by atoms with van der Waals surface area (Å²) < 4.78 is 1.90. The molecule has 1 heterocycles. The second-order valence-electron chi connectivity index (χ2n) is 8.84. The standard InChI is InChI=1S/C26H30N4O2/c1-17(2)29(25(32)21-11-12-21)16-24(31)28-26-27-23(20-8-6-5-7-9-20)15-30(26)22-13-10-18(3)19(4)14-22/h5-10,13-15,17,21H,11-12,16H2,1-4H3,(H,27,28,31). The van der Waals surface area contributed by atoms with Crippen molar-refractivity contribution in [2.75, 3.05) is 11.9 Å². The maximum atomic E-state index is 13.0. The van der Waals surface area contributed by atoms with Crippen molar-refractivity contribution in [2.45, 2.75) is 46.6 Å². The van der Waals surface area contributed by atoms with Gasteiger partial charge in [-0.15, -0.1) is 0 Å². The lowest BCUT2D eigenvalue weighted by Crippen LogP contribution is -2.43. The monoisotopic (exact) mass is 430 g/mol. The number of nitrogens with zero attached hydrogens (tertiary/aromatic N) is 3. The van der Waals surface area contributed by atoms with Crippen LogP contribution in [0.25, 0.3) is 16.9 Å². The van der Waals surface area contributed by atoms with Crippen molar-refractivity contribution in [3.63, 3.8) is 0 Å². The van der Waals surface area contributed by atoms with E-state index >= 15 is 0 Å². The van der Waals surface area contributed by atoms with Gasteiger partial charge in [-0.1, -0.05) is 36.4 Å². The second kappa shape index (κ2) is 8.99. The van der Waals surface area contributed by atoms with E-state index in [-0.39, 0.29) is 30.3 Å². The number of carbonyl (C=O) groups is 2. The number of rotatable bonds is 7. The molecule has 1 aromatic heterocycles. The first-order valence-corrected chi connectivity index (χ1v) is 11.2. The number of imidazole rings is 1. The first-order valence-electron chi connectivity index (χ1n) is 11.2. The Bertz CT molecular complexity index is 1130. The van der Waals surface area contributed by atoms with Crippen LogP contribution in [0.3, 0.4) is 0 Å². The predicted molar refractivity (Wildman–Crippen MR) is 127 cm³/mol. The number of anilines is 1. The zero-order chi connectivity index (χ0) is 22.8. The van der Waals surface area contributed by atoms with Gasteiger partial charge in [0, 0.05) is 29.4 Å². The molecule has 0 spiro atoms. The van der Waals surface area contributed by atoms with Crippen LogP contribution >= 0.6 is 0 Å². The molecule has 0 radical (unpaired) electrons. The van der Waals surface area contributed by atoms with Gasteiger partial charge in [0.15, 0.2) is 0 Å². The second-order valence-corrected chi connectivity index (χ2v) is 8.84. The van der Waals surface area contributed by atoms with Crippen LogP contribution < -0.4 is 5.32 Å². The molecule has 0 bridgehead atoms. The summed E-state index contributed by atoms with van der Waals surface area (Å²) in [5.41, 5.74) is 5.03. The van der Waals surface area contributed by atoms with Crippen molar-refractivity contribution in [3.8, 4) is 16.9 Å². The van der Waals surface area contributed by atoms with Gasteiger partial charge in [-0.2, -0.15) is 0 Å². The van der Waals surface area contributed by atoms with Gasteiger partial charge in [-0.25, -0.2) is 4.98 Å². The third-order valence-corrected chi connectivity index (χ3v) is 5.94. The minimum Gasteiger partial charge on any atom is -0.331 e. The van der Waals surface area contributed by atoms with E-state index in [0.29, 0.717) is 5.95 Å². The molecule has 6 nitrogen and oxygen atoms in total. The fraction of sp³-hybridized carbons (Fsp3) is 0.346. The maximum absolute atomic E-state index is 13.0. The molecular formula is C26H30N4O2. The van der Waals surface area contributed by atoms with Gasteiger partial charge in [0.2, 0.25) is 17.8 Å². The molecular weight excluding hydrogens is 400 g/mol. The van der Waals surface area contributed by atoms with Crippen molar-refractivity contribution >= 4 is 17.8 Å². The van der Waals surface area contributed by atoms with Crippen molar-refractivity contribution in [1.29, 1.82) is 0 Å². The molecule has 6 heteroatoms. The largest absolute Gasteiger partial charge is 0.331 e. The van der Waals surface area contributed by atoms with E-state index in [2.05, 4.69) is 31.3 Å². The average molecular weight is 431 g/mol. The molecule has 2 aromatic carbocycles. The number of amides is 2. The van der Waals surface area contributed by atoms with E-state index in [1.807, 2.05) is 61.0 Å². The van der Waals surface area contributed by atoms with Crippen LogP contribution in [0.5, 0.6) is 0 Å². The van der Waals surface area contributed by atoms with E-state index < -0.39 is 0 Å². The lowest BCUT2D eigenvalue weighted by Gasteiger charge is -2.26. The highest BCUT2D eigenvalue weighted by molar-refractivity contribution is 5.94. The highest BCUT2D eigenvalue weighted by Gasteiger charge is 2.35. The number of aromatic nitrogens is 2. The SMILES string of the molecule is Cc1ccc(-n2cc(-c3ccccc3)nc2NC(=O)CN(C(=O)C2CC2)C(C)C)cc1C. The van der Waals surface area contributed by atoms with E-state index in [9.17, 15) is 9.59 Å². The summed E-state index contributed by atoms with van der Waals surface area (Å²) in [7, 11) is 0. The van der Waals surface area contributed by atoms with Crippen molar-refractivity contribution in [1.82, 2.24) is 14.5 Å². The van der Waals surface area contributed by atoms with Crippen molar-refractivity contribution < 1.29 is 9.59 Å². The van der Waals surface area contributed by atoms with Crippen LogP contribution in [0.2, 0.25) is 0 Å². The average Bonchev–Trinajstić information content (AvgIpc) is 3.54. The van der Waals surface area contributed by atoms with Gasteiger partial charge in [0.25, 0.3) is 0 Å². The zero-order valence-corrected chi connectivity index (χ0v) is 19.1. The van der Waals surface area contributed by atoms with Crippen LogP contribution in [0.1, 0.15) is 37.8 Å². The Morgan fingerprint density at radius 3 is 2.44 bits per heavy atom. The lowest BCUT2D eigenvalue weighted by atomic mass is 10.1. The Morgan fingerprint density at radius 1 is 1.09 bits per heavy atom. The lowest BCUT2D eigenvalue weighted by molar-refractivity contribution is -0.137. The number of hydrogen-bond acceptors (Lipinski definition) is 3. The van der Waals surface area contributed by atoms with Crippen LogP contribution in [0.4, 0.5) is 5.95 Å². The van der Waals surface area contributed by atoms with Gasteiger partial charge in [-0.05, 0) is 63.8 Å². The topological polar surface area (TPSA) is 67.2 Å². The molecule has 0 aliphatic heterocycles. The summed E-state index contributed by atoms with van der Waals surface area (Å²) in [6.07, 6.45) is 3.77. The Balaban J connectivity index is 1.64. The van der Waals surface area contributed by atoms with Crippen molar-refractivity contribution in [3.05, 3.63) is 65.9 Å². The number of benzene rings is 2. The zero-order valence-electron chi connectivity index (χ0n) is 19.1. The molecule has 32 heavy (non-hydrogen) atoms. The van der Waals surface area contributed by atoms with E-state index in [1.165, 1.54) is 5.56 Å². The fourth-order valence-electron chi connectivity index (χ4n) is 3.69. The Labute approximate surface area is 189 Å². The molecule has 0 atom stereocenters. The third-order valence-electron chi connectivity index (χ3n) is 5.94. The van der Waals surface area contributed by atoms with Gasteiger partial charge < -0.3 is 4.90 Å². The van der Waals surface area contributed by atoms with Crippen LogP contribution in [-0.4, -0.2) is 38.9 Å². The van der Waals surface area contributed by atoms with E-state index in [1.54, 1.807) is 4.90 Å². The summed E-state index contributed by atoms with van der Waals surface area (Å²) in [6, 6.07) is 16.0. The van der Waals surface area contributed by atoms with Crippen LogP contribution in [0, 0.1) is 19.8 Å². The predicted octanol–water partition coefficient (Wildman–Crippen LogP) is 4.74. The molecule has 1 fully saturated rings. The molecule has 2 amide bonds. The van der Waals surface area contributed by atoms with Gasteiger partial charge >= 0.3 is 0 Å². The van der Waals surface area contributed by atoms with Gasteiger partial charge in [-0.3, -0.25) is 19.5 Å². The Kier molecular flexibility index (Phi) is 6.12. The molecule has 1 N–H and O–H groups in total. The highest BCUT2D eigenvalue weighted by Crippen LogP contribution is 2.31. The molecule has 166 valence electrons. The summed E-state index contributed by atoms with van der Waals surface area (Å²) in [4.78, 5) is 32.0. The van der Waals surface area contributed by atoms with Crippen molar-refractivity contribution in [2.24, 2.45) is 5.92 Å². The van der Waals surface area contributed by atoms with Crippen LogP contribution in [0.15, 0.2) is 54.7 Å². The molecule has 3 aromatic rings. The smallest absolute Gasteiger partial charge is 0.246 e. The normalized spacial score (nSPS) is 13.3. The van der Waals surface area contributed by atoms with Gasteiger partial charge in [0.1, 0.15) is 6.54 Å². The third kappa shape index (κ3) is 4.74. The highest BCUT2D eigenvalue weighted by atomic mass is 16.2. The fourth-order valence-corrected chi connectivity index (χ4v) is 3.69. The summed E-state index contributed by atoms with van der Waals surface area (Å²) in [5, 5.41) is 2.95. The Morgan fingerprint density at radius 2 is 1.81 bits per heavy atom. The quantitative estimate of drug-likeness (QED) is 0.589. The molecule has 1 aliphatic rings. The first-order chi connectivity index (χ1) is 15.3. The molecule has 1 saturated carbocycles. The van der Waals surface area contributed by atoms with Gasteiger partial charge in [0.05, 0.1) is 5.69 Å². The molecule has 4 rings (SSSR count). The maximum Gasteiger partial charge on any atom is 0.246 e. The molecule has 0 saturated heterocycles. The molecule has 0 unspecified atom stereocenters. The molecule has 1 aliphatic carbocycles. The minimum atomic E-state index is -0.247. The van der Waals surface area contributed by atoms with E-state index in [0.717, 1.165) is 35.3 Å². The minimum absolute atomic E-state index is 0.0213. The Hall–Kier alpha value is -3.41. The van der Waals surface area contributed by atoms with Crippen LogP contribution in [-0.2, 0) is 9.59 Å². The summed E-state index contributed by atoms with van der Waals surface area (Å²) >= 11 is 0. The summed E-state index contributed by atoms with van der Waals surface area (Å²) in [6.45, 7) is 8.04. The number of hydrogen-bond donors (Lipinski definition) is 1.